The Morgan fingerprint density at radius 2 is 2.33 bits per heavy atom. The highest BCUT2D eigenvalue weighted by atomic mass is 32.2. The van der Waals surface area contributed by atoms with Crippen LogP contribution < -0.4 is 11.3 Å². The van der Waals surface area contributed by atoms with E-state index in [1.54, 1.807) is 6.92 Å². The van der Waals surface area contributed by atoms with Crippen LogP contribution in [-0.2, 0) is 0 Å². The van der Waals surface area contributed by atoms with E-state index in [9.17, 15) is 10.1 Å². The number of aromatic amines is 1. The van der Waals surface area contributed by atoms with E-state index < -0.39 is 4.92 Å². The van der Waals surface area contributed by atoms with Crippen molar-refractivity contribution in [1.29, 1.82) is 0 Å². The number of nitrogens with two attached hydrogens (primary N) is 1. The number of rotatable bonds is 4. The third kappa shape index (κ3) is 2.36. The van der Waals surface area contributed by atoms with Gasteiger partial charge in [0.05, 0.1) is 4.92 Å². The summed E-state index contributed by atoms with van der Waals surface area (Å²) in [6, 6.07) is 0. The molecule has 2 aromatic rings. The molecular formula is C7H8N8O2S. The van der Waals surface area contributed by atoms with Crippen LogP contribution in [-0.4, -0.2) is 30.1 Å². The van der Waals surface area contributed by atoms with Gasteiger partial charge in [0.25, 0.3) is 0 Å². The van der Waals surface area contributed by atoms with Crippen molar-refractivity contribution >= 4 is 23.3 Å². The van der Waals surface area contributed by atoms with Crippen LogP contribution in [0.3, 0.4) is 0 Å². The highest BCUT2D eigenvalue weighted by molar-refractivity contribution is 7.99. The molecule has 11 heteroatoms. The Kier molecular flexibility index (Phi) is 3.34. The fraction of sp³-hybridized carbons (Fsp3) is 0.143. The van der Waals surface area contributed by atoms with E-state index in [0.717, 1.165) is 11.8 Å². The number of nitrogens with one attached hydrogen (secondary N) is 2. The number of nitrogen functional groups attached to an aromatic ring is 1. The number of nitrogens with zero attached hydrogens (tertiary/aromatic N) is 5. The summed E-state index contributed by atoms with van der Waals surface area (Å²) >= 11 is 0.951. The molecule has 94 valence electrons. The minimum absolute atomic E-state index is 0.0650. The molecule has 0 fully saturated rings. The second kappa shape index (κ2) is 4.93. The molecule has 0 bridgehead atoms. The maximum atomic E-state index is 11.0. The molecule has 4 N–H and O–H groups in total. The summed E-state index contributed by atoms with van der Waals surface area (Å²) in [6.07, 6.45) is 1.17. The molecule has 2 heterocycles. The minimum Gasteiger partial charge on any atom is -0.303 e. The zero-order valence-corrected chi connectivity index (χ0v) is 9.93. The largest absolute Gasteiger partial charge is 0.345 e. The van der Waals surface area contributed by atoms with E-state index in [1.807, 2.05) is 0 Å². The van der Waals surface area contributed by atoms with Crippen LogP contribution in [0.15, 0.2) is 16.5 Å². The summed E-state index contributed by atoms with van der Waals surface area (Å²) in [5, 5.41) is 17.9. The van der Waals surface area contributed by atoms with Crippen molar-refractivity contribution in [3.05, 3.63) is 22.3 Å². The van der Waals surface area contributed by atoms with E-state index in [1.165, 1.54) is 6.33 Å². The average Bonchev–Trinajstić information content (AvgIpc) is 2.74. The fourth-order valence-corrected chi connectivity index (χ4v) is 1.98. The SMILES string of the molecule is Cc1nc(Sc2ncnc(NN)c2[N+](=O)[O-])n[nH]1. The van der Waals surface area contributed by atoms with Gasteiger partial charge >= 0.3 is 5.69 Å². The number of anilines is 1. The van der Waals surface area contributed by atoms with Crippen LogP contribution in [0.25, 0.3) is 0 Å². The zero-order valence-electron chi connectivity index (χ0n) is 9.12. The monoisotopic (exact) mass is 268 g/mol. The molecule has 0 aromatic carbocycles. The summed E-state index contributed by atoms with van der Waals surface area (Å²) < 4.78 is 0. The molecule has 0 atom stereocenters. The van der Waals surface area contributed by atoms with Crippen LogP contribution in [0.5, 0.6) is 0 Å². The lowest BCUT2D eigenvalue weighted by Gasteiger charge is -2.02. The number of nitro groups is 1. The lowest BCUT2D eigenvalue weighted by atomic mass is 10.5. The van der Waals surface area contributed by atoms with E-state index in [-0.39, 0.29) is 16.5 Å². The third-order valence-corrected chi connectivity index (χ3v) is 2.73. The maximum Gasteiger partial charge on any atom is 0.345 e. The first kappa shape index (κ1) is 12.2. The Hall–Kier alpha value is -2.27. The molecule has 18 heavy (non-hydrogen) atoms. The van der Waals surface area contributed by atoms with Crippen LogP contribution in [0.2, 0.25) is 0 Å². The Bertz CT molecular complexity index is 585. The van der Waals surface area contributed by atoms with Gasteiger partial charge in [-0.3, -0.25) is 15.2 Å². The molecule has 0 aliphatic carbocycles. The van der Waals surface area contributed by atoms with Crippen LogP contribution in [0, 0.1) is 17.0 Å². The van der Waals surface area contributed by atoms with Crippen molar-refractivity contribution in [1.82, 2.24) is 25.1 Å². The highest BCUT2D eigenvalue weighted by Gasteiger charge is 2.24. The standard InChI is InChI=1S/C7H8N8O2S/c1-3-11-7(14-13-3)18-6-4(15(16)17)5(12-8)9-2-10-6/h2H,8H2,1H3,(H,9,10,12)(H,11,13,14). The summed E-state index contributed by atoms with van der Waals surface area (Å²) in [7, 11) is 0. The van der Waals surface area contributed by atoms with Gasteiger partial charge in [0.2, 0.25) is 11.0 Å². The number of hydrogen-bond acceptors (Lipinski definition) is 9. The van der Waals surface area contributed by atoms with Gasteiger partial charge in [-0.1, -0.05) is 0 Å². The molecule has 0 amide bonds. The molecule has 0 aliphatic rings. The second-order valence-corrected chi connectivity index (χ2v) is 4.04. The van der Waals surface area contributed by atoms with E-state index in [4.69, 9.17) is 5.84 Å². The quantitative estimate of drug-likeness (QED) is 0.307. The first-order valence-corrected chi connectivity index (χ1v) is 5.46. The number of H-pyrrole nitrogens is 1. The first-order chi connectivity index (χ1) is 8.61. The zero-order chi connectivity index (χ0) is 13.1. The molecule has 2 rings (SSSR count). The normalized spacial score (nSPS) is 10.3. The predicted octanol–water partition coefficient (Wildman–Crippen LogP) is 0.248. The number of hydrazine groups is 1. The van der Waals surface area contributed by atoms with Crippen molar-refractivity contribution in [2.75, 3.05) is 5.43 Å². The number of aromatic nitrogens is 5. The van der Waals surface area contributed by atoms with Crippen molar-refractivity contribution in [3.8, 4) is 0 Å². The topological polar surface area (TPSA) is 149 Å². The highest BCUT2D eigenvalue weighted by Crippen LogP contribution is 2.34. The number of hydrogen-bond donors (Lipinski definition) is 3. The maximum absolute atomic E-state index is 11.0. The molecule has 2 aromatic heterocycles. The summed E-state index contributed by atoms with van der Waals surface area (Å²) in [6.45, 7) is 1.72. The smallest absolute Gasteiger partial charge is 0.303 e. The summed E-state index contributed by atoms with van der Waals surface area (Å²) in [5.41, 5.74) is 1.84. The second-order valence-electron chi connectivity index (χ2n) is 3.08. The van der Waals surface area contributed by atoms with Crippen LogP contribution >= 0.6 is 11.8 Å². The molecule has 0 spiro atoms. The minimum atomic E-state index is -0.614. The van der Waals surface area contributed by atoms with E-state index in [2.05, 4.69) is 30.6 Å². The molecular weight excluding hydrogens is 260 g/mol. The van der Waals surface area contributed by atoms with Crippen molar-refractivity contribution in [2.45, 2.75) is 17.1 Å². The van der Waals surface area contributed by atoms with Gasteiger partial charge in [-0.2, -0.15) is 0 Å². The Balaban J connectivity index is 2.41. The molecule has 0 aliphatic heterocycles. The molecule has 0 unspecified atom stereocenters. The molecule has 0 saturated heterocycles. The molecule has 0 radical (unpaired) electrons. The van der Waals surface area contributed by atoms with Crippen molar-refractivity contribution in [3.63, 3.8) is 0 Å². The van der Waals surface area contributed by atoms with Gasteiger partial charge in [0, 0.05) is 0 Å². The Morgan fingerprint density at radius 1 is 1.56 bits per heavy atom. The first-order valence-electron chi connectivity index (χ1n) is 4.64. The lowest BCUT2D eigenvalue weighted by molar-refractivity contribution is -0.387. The van der Waals surface area contributed by atoms with Crippen molar-refractivity contribution < 1.29 is 4.92 Å². The average molecular weight is 268 g/mol. The van der Waals surface area contributed by atoms with Gasteiger partial charge < -0.3 is 5.43 Å². The molecule has 10 nitrogen and oxygen atoms in total. The number of aryl methyl sites for hydroxylation is 1. The Morgan fingerprint density at radius 3 is 2.89 bits per heavy atom. The van der Waals surface area contributed by atoms with Crippen LogP contribution in [0.1, 0.15) is 5.82 Å². The van der Waals surface area contributed by atoms with Gasteiger partial charge in [-0.05, 0) is 18.7 Å². The third-order valence-electron chi connectivity index (χ3n) is 1.87. The van der Waals surface area contributed by atoms with Crippen LogP contribution in [0.4, 0.5) is 11.5 Å². The summed E-state index contributed by atoms with van der Waals surface area (Å²) in [5.74, 6) is 5.70. The fourth-order valence-electron chi connectivity index (χ4n) is 1.16. The van der Waals surface area contributed by atoms with Gasteiger partial charge in [-0.15, -0.1) is 5.10 Å². The van der Waals surface area contributed by atoms with Gasteiger partial charge in [0.15, 0.2) is 5.03 Å². The lowest BCUT2D eigenvalue weighted by Crippen LogP contribution is -2.12. The van der Waals surface area contributed by atoms with Gasteiger partial charge in [0.1, 0.15) is 12.2 Å². The van der Waals surface area contributed by atoms with E-state index >= 15 is 0 Å². The Labute approximate surface area is 105 Å². The predicted molar refractivity (Wildman–Crippen MR) is 61.7 cm³/mol. The van der Waals surface area contributed by atoms with Crippen molar-refractivity contribution in [2.24, 2.45) is 5.84 Å². The van der Waals surface area contributed by atoms with Gasteiger partial charge in [-0.25, -0.2) is 20.8 Å². The molecule has 0 saturated carbocycles. The summed E-state index contributed by atoms with van der Waals surface area (Å²) in [4.78, 5) is 21.9. The van der Waals surface area contributed by atoms with E-state index in [0.29, 0.717) is 11.0 Å².